The van der Waals surface area contributed by atoms with Crippen LogP contribution in [0, 0.1) is 12.3 Å². The molecule has 0 fully saturated rings. The van der Waals surface area contributed by atoms with E-state index in [1.807, 2.05) is 18.9 Å². The largest absolute Gasteiger partial charge is 0.344 e. The Morgan fingerprint density at radius 2 is 1.95 bits per heavy atom. The lowest BCUT2D eigenvalue weighted by Crippen LogP contribution is -2.36. The summed E-state index contributed by atoms with van der Waals surface area (Å²) < 4.78 is 22.8. The number of amides is 1. The van der Waals surface area contributed by atoms with Gasteiger partial charge in [0.25, 0.3) is 0 Å². The molecule has 1 atom stereocenters. The maximum absolute atomic E-state index is 11.6. The number of hydrogen-bond donors (Lipinski definition) is 1. The molecule has 1 aromatic rings. The van der Waals surface area contributed by atoms with Gasteiger partial charge in [0, 0.05) is 12.3 Å². The highest BCUT2D eigenvalue weighted by molar-refractivity contribution is 7.90. The summed E-state index contributed by atoms with van der Waals surface area (Å²) in [5.74, 6) is 2.20. The number of carbonyl (C=O) groups excluding carboxylic acids is 1. The van der Waals surface area contributed by atoms with Crippen LogP contribution in [0.25, 0.3) is 0 Å². The molecule has 0 heterocycles. The van der Waals surface area contributed by atoms with Crippen LogP contribution in [0.2, 0.25) is 0 Å². The second kappa shape index (κ2) is 7.25. The van der Waals surface area contributed by atoms with Crippen molar-refractivity contribution in [2.75, 3.05) is 26.4 Å². The lowest BCUT2D eigenvalue weighted by Gasteiger charge is -2.24. The molecule has 5 nitrogen and oxygen atoms in total. The van der Waals surface area contributed by atoms with Gasteiger partial charge in [-0.1, -0.05) is 18.1 Å². The molecular weight excluding hydrogens is 288 g/mol. The van der Waals surface area contributed by atoms with Gasteiger partial charge in [0.05, 0.1) is 18.0 Å². The smallest absolute Gasteiger partial charge is 0.234 e. The maximum Gasteiger partial charge on any atom is 0.234 e. The summed E-state index contributed by atoms with van der Waals surface area (Å²) in [7, 11) is -1.37. The average Bonchev–Trinajstić information content (AvgIpc) is 2.43. The van der Waals surface area contributed by atoms with E-state index in [9.17, 15) is 13.2 Å². The van der Waals surface area contributed by atoms with E-state index < -0.39 is 9.84 Å². The van der Waals surface area contributed by atoms with Gasteiger partial charge < -0.3 is 5.32 Å². The number of carbonyl (C=O) groups is 1. The van der Waals surface area contributed by atoms with Crippen molar-refractivity contribution in [3.63, 3.8) is 0 Å². The number of hydrogen-bond acceptors (Lipinski definition) is 4. The third kappa shape index (κ3) is 5.21. The Labute approximate surface area is 126 Å². The van der Waals surface area contributed by atoms with Gasteiger partial charge in [-0.2, -0.15) is 0 Å². The van der Waals surface area contributed by atoms with Crippen LogP contribution >= 0.6 is 0 Å². The lowest BCUT2D eigenvalue weighted by molar-refractivity contribution is -0.122. The number of likely N-dealkylation sites (N-methyl/N-ethyl adjacent to an activating group) is 1. The highest BCUT2D eigenvalue weighted by Crippen LogP contribution is 2.20. The Bertz CT molecular complexity index is 630. The molecule has 0 saturated carbocycles. The van der Waals surface area contributed by atoms with E-state index in [0.29, 0.717) is 0 Å². The molecular formula is C15H20N2O3S. The lowest BCUT2D eigenvalue weighted by atomic mass is 10.1. The number of nitrogens with zero attached hydrogens (tertiary/aromatic N) is 1. The first-order valence-corrected chi connectivity index (χ1v) is 8.35. The van der Waals surface area contributed by atoms with E-state index in [4.69, 9.17) is 6.42 Å². The summed E-state index contributed by atoms with van der Waals surface area (Å²) in [4.78, 5) is 13.8. The SMILES string of the molecule is C#CCNC(=O)CN(C)C(C)c1ccc(S(C)(=O)=O)cc1. The molecule has 0 aromatic heterocycles. The van der Waals surface area contributed by atoms with Crippen LogP contribution in [0.4, 0.5) is 0 Å². The van der Waals surface area contributed by atoms with Gasteiger partial charge in [-0.15, -0.1) is 6.42 Å². The summed E-state index contributed by atoms with van der Waals surface area (Å²) in [6, 6.07) is 6.66. The normalized spacial score (nSPS) is 12.7. The molecule has 0 bridgehead atoms. The molecule has 1 unspecified atom stereocenters. The summed E-state index contributed by atoms with van der Waals surface area (Å²) in [5, 5.41) is 2.60. The zero-order chi connectivity index (χ0) is 16.0. The fourth-order valence-electron chi connectivity index (χ4n) is 1.82. The molecule has 114 valence electrons. The van der Waals surface area contributed by atoms with Gasteiger partial charge in [0.15, 0.2) is 9.84 Å². The van der Waals surface area contributed by atoms with Crippen LogP contribution in [0.5, 0.6) is 0 Å². The molecule has 1 amide bonds. The molecule has 0 aliphatic rings. The molecule has 0 spiro atoms. The molecule has 0 radical (unpaired) electrons. The Morgan fingerprint density at radius 1 is 1.38 bits per heavy atom. The van der Waals surface area contributed by atoms with Gasteiger partial charge in [-0.3, -0.25) is 9.69 Å². The van der Waals surface area contributed by atoms with Crippen LogP contribution in [-0.4, -0.2) is 45.6 Å². The number of rotatable bonds is 6. The Morgan fingerprint density at radius 3 is 2.43 bits per heavy atom. The van der Waals surface area contributed by atoms with E-state index in [-0.39, 0.29) is 29.9 Å². The standard InChI is InChI=1S/C15H20N2O3S/c1-5-10-16-15(18)11-17(3)12(2)13-6-8-14(9-7-13)21(4,19)20/h1,6-9,12H,10-11H2,2-4H3,(H,16,18). The van der Waals surface area contributed by atoms with Crippen molar-refractivity contribution >= 4 is 15.7 Å². The van der Waals surface area contributed by atoms with Crippen molar-refractivity contribution in [3.8, 4) is 12.3 Å². The number of nitrogens with one attached hydrogen (secondary N) is 1. The third-order valence-corrected chi connectivity index (χ3v) is 4.36. The van der Waals surface area contributed by atoms with Crippen molar-refractivity contribution in [1.29, 1.82) is 0 Å². The molecule has 6 heteroatoms. The first-order valence-electron chi connectivity index (χ1n) is 6.46. The van der Waals surface area contributed by atoms with Crippen LogP contribution in [-0.2, 0) is 14.6 Å². The first-order chi connectivity index (χ1) is 9.75. The van der Waals surface area contributed by atoms with Crippen LogP contribution in [0.3, 0.4) is 0 Å². The van der Waals surface area contributed by atoms with E-state index >= 15 is 0 Å². The molecule has 0 aliphatic carbocycles. The predicted molar refractivity (Wildman–Crippen MR) is 82.4 cm³/mol. The van der Waals surface area contributed by atoms with Gasteiger partial charge in [-0.25, -0.2) is 8.42 Å². The molecule has 0 saturated heterocycles. The third-order valence-electron chi connectivity index (χ3n) is 3.23. The van der Waals surface area contributed by atoms with E-state index in [1.54, 1.807) is 24.3 Å². The van der Waals surface area contributed by atoms with Gasteiger partial charge >= 0.3 is 0 Å². The minimum atomic E-state index is -3.19. The van der Waals surface area contributed by atoms with Crippen LogP contribution < -0.4 is 5.32 Å². The second-order valence-electron chi connectivity index (χ2n) is 4.91. The maximum atomic E-state index is 11.6. The van der Waals surface area contributed by atoms with E-state index in [0.717, 1.165) is 5.56 Å². The second-order valence-corrected chi connectivity index (χ2v) is 6.93. The minimum Gasteiger partial charge on any atom is -0.344 e. The highest BCUT2D eigenvalue weighted by atomic mass is 32.2. The highest BCUT2D eigenvalue weighted by Gasteiger charge is 2.15. The summed E-state index contributed by atoms with van der Waals surface area (Å²) in [6.45, 7) is 2.38. The van der Waals surface area contributed by atoms with Crippen molar-refractivity contribution in [1.82, 2.24) is 10.2 Å². The van der Waals surface area contributed by atoms with Crippen molar-refractivity contribution in [2.45, 2.75) is 17.9 Å². The average molecular weight is 308 g/mol. The van der Waals surface area contributed by atoms with Crippen molar-refractivity contribution in [2.24, 2.45) is 0 Å². The number of benzene rings is 1. The quantitative estimate of drug-likeness (QED) is 0.791. The van der Waals surface area contributed by atoms with Crippen molar-refractivity contribution < 1.29 is 13.2 Å². The molecule has 0 aliphatic heterocycles. The fourth-order valence-corrected chi connectivity index (χ4v) is 2.45. The van der Waals surface area contributed by atoms with E-state index in [2.05, 4.69) is 11.2 Å². The van der Waals surface area contributed by atoms with E-state index in [1.165, 1.54) is 6.26 Å². The van der Waals surface area contributed by atoms with Gasteiger partial charge in [0.2, 0.25) is 5.91 Å². The Balaban J connectivity index is 2.72. The van der Waals surface area contributed by atoms with Crippen LogP contribution in [0.15, 0.2) is 29.2 Å². The monoisotopic (exact) mass is 308 g/mol. The first kappa shape index (κ1) is 17.2. The number of sulfone groups is 1. The predicted octanol–water partition coefficient (Wildman–Crippen LogP) is 0.832. The molecule has 21 heavy (non-hydrogen) atoms. The number of terminal acetylenes is 1. The zero-order valence-electron chi connectivity index (χ0n) is 12.5. The Hall–Kier alpha value is -1.84. The zero-order valence-corrected chi connectivity index (χ0v) is 13.3. The summed E-state index contributed by atoms with van der Waals surface area (Å²) in [5.41, 5.74) is 0.939. The van der Waals surface area contributed by atoms with Crippen molar-refractivity contribution in [3.05, 3.63) is 29.8 Å². The van der Waals surface area contributed by atoms with Gasteiger partial charge in [-0.05, 0) is 31.7 Å². The molecule has 1 rings (SSSR count). The molecule has 1 N–H and O–H groups in total. The molecule has 1 aromatic carbocycles. The van der Waals surface area contributed by atoms with Gasteiger partial charge in [0.1, 0.15) is 0 Å². The fraction of sp³-hybridized carbons (Fsp3) is 0.400. The van der Waals surface area contributed by atoms with Crippen LogP contribution in [0.1, 0.15) is 18.5 Å². The Kier molecular flexibility index (Phi) is 5.94. The topological polar surface area (TPSA) is 66.5 Å². The summed E-state index contributed by atoms with van der Waals surface area (Å²) >= 11 is 0. The minimum absolute atomic E-state index is 0.0183. The summed E-state index contributed by atoms with van der Waals surface area (Å²) in [6.07, 6.45) is 6.25.